The number of pyridine rings is 1. The highest BCUT2D eigenvalue weighted by molar-refractivity contribution is 6.31. The summed E-state index contributed by atoms with van der Waals surface area (Å²) in [6, 6.07) is 9.36. The fourth-order valence-corrected chi connectivity index (χ4v) is 3.39. The van der Waals surface area contributed by atoms with Crippen molar-refractivity contribution >= 4 is 40.4 Å². The van der Waals surface area contributed by atoms with Gasteiger partial charge in [-0.25, -0.2) is 4.98 Å². The van der Waals surface area contributed by atoms with Gasteiger partial charge in [-0.3, -0.25) is 9.59 Å². The number of primary amides is 1. The Kier molecular flexibility index (Phi) is 5.34. The fourth-order valence-electron chi connectivity index (χ4n) is 3.22. The molecule has 1 aliphatic carbocycles. The smallest absolute Gasteiger partial charge is 0.247 e. The van der Waals surface area contributed by atoms with Crippen molar-refractivity contribution in [1.29, 1.82) is 0 Å². The number of carbonyl (C=O) groups is 2. The predicted molar refractivity (Wildman–Crippen MR) is 99.0 cm³/mol. The van der Waals surface area contributed by atoms with Gasteiger partial charge in [0.2, 0.25) is 11.8 Å². The van der Waals surface area contributed by atoms with E-state index in [1.165, 1.54) is 6.08 Å². The molecule has 3 rings (SSSR count). The number of nitrogens with two attached hydrogens (primary N) is 1. The van der Waals surface area contributed by atoms with E-state index >= 15 is 0 Å². The van der Waals surface area contributed by atoms with Crippen molar-refractivity contribution in [2.24, 2.45) is 5.73 Å². The fraction of sp³-hybridized carbons (Fsp3) is 0.316. The average Bonchev–Trinajstić information content (AvgIpc) is 3.11. The van der Waals surface area contributed by atoms with Crippen LogP contribution in [0.3, 0.4) is 0 Å². The van der Waals surface area contributed by atoms with Crippen molar-refractivity contribution in [3.8, 4) is 0 Å². The average molecular weight is 358 g/mol. The second kappa shape index (κ2) is 7.66. The number of aromatic nitrogens is 1. The molecule has 0 saturated heterocycles. The monoisotopic (exact) mass is 357 g/mol. The first-order valence-corrected chi connectivity index (χ1v) is 8.74. The zero-order chi connectivity index (χ0) is 17.8. The summed E-state index contributed by atoms with van der Waals surface area (Å²) in [7, 11) is 0. The summed E-state index contributed by atoms with van der Waals surface area (Å²) in [6.07, 6.45) is 7.10. The Morgan fingerprint density at radius 3 is 2.68 bits per heavy atom. The van der Waals surface area contributed by atoms with Gasteiger partial charge in [0.05, 0.1) is 17.8 Å². The van der Waals surface area contributed by atoms with Gasteiger partial charge < -0.3 is 10.6 Å². The van der Waals surface area contributed by atoms with Crippen LogP contribution in [-0.4, -0.2) is 34.3 Å². The Labute approximate surface area is 151 Å². The molecule has 1 heterocycles. The van der Waals surface area contributed by atoms with Crippen LogP contribution in [0.5, 0.6) is 0 Å². The van der Waals surface area contributed by atoms with Gasteiger partial charge in [-0.05, 0) is 37.1 Å². The molecule has 0 spiro atoms. The largest absolute Gasteiger partial charge is 0.368 e. The van der Waals surface area contributed by atoms with Crippen LogP contribution in [0.15, 0.2) is 36.4 Å². The first-order valence-electron chi connectivity index (χ1n) is 8.36. The van der Waals surface area contributed by atoms with Gasteiger partial charge in [0.25, 0.3) is 0 Å². The van der Waals surface area contributed by atoms with Crippen molar-refractivity contribution in [2.75, 3.05) is 6.54 Å². The molecule has 0 bridgehead atoms. The standard InChI is InChI=1S/C19H20ClN3O2/c20-14-7-5-13-6-8-15(22-17(13)11-14)9-10-19(25)23(12-18(21)24)16-3-1-2-4-16/h5-11,16H,1-4,12H2,(H2,21,24)/b10-9+. The number of carbonyl (C=O) groups excluding carboxylic acids is 2. The van der Waals surface area contributed by atoms with Gasteiger partial charge in [-0.15, -0.1) is 0 Å². The van der Waals surface area contributed by atoms with E-state index in [0.717, 1.165) is 36.6 Å². The van der Waals surface area contributed by atoms with Crippen molar-refractivity contribution in [3.05, 3.63) is 47.1 Å². The van der Waals surface area contributed by atoms with Crippen molar-refractivity contribution in [2.45, 2.75) is 31.7 Å². The predicted octanol–water partition coefficient (Wildman–Crippen LogP) is 3.16. The molecule has 25 heavy (non-hydrogen) atoms. The molecule has 1 fully saturated rings. The van der Waals surface area contributed by atoms with Gasteiger partial charge in [0, 0.05) is 22.5 Å². The van der Waals surface area contributed by atoms with E-state index in [2.05, 4.69) is 4.98 Å². The van der Waals surface area contributed by atoms with Crippen molar-refractivity contribution in [3.63, 3.8) is 0 Å². The molecule has 1 aromatic heterocycles. The highest BCUT2D eigenvalue weighted by Gasteiger charge is 2.26. The molecule has 1 aromatic carbocycles. The maximum Gasteiger partial charge on any atom is 0.247 e. The molecule has 1 aliphatic rings. The number of amides is 2. The van der Waals surface area contributed by atoms with Crippen LogP contribution in [0.2, 0.25) is 5.02 Å². The summed E-state index contributed by atoms with van der Waals surface area (Å²) in [5.74, 6) is -0.703. The van der Waals surface area contributed by atoms with E-state index < -0.39 is 5.91 Å². The molecule has 0 radical (unpaired) electrons. The summed E-state index contributed by atoms with van der Waals surface area (Å²) in [4.78, 5) is 29.9. The molecule has 130 valence electrons. The molecule has 6 heteroatoms. The van der Waals surface area contributed by atoms with Gasteiger partial charge in [0.1, 0.15) is 0 Å². The summed E-state index contributed by atoms with van der Waals surface area (Å²) >= 11 is 6.00. The third kappa shape index (κ3) is 4.37. The molecule has 2 amide bonds. The van der Waals surface area contributed by atoms with Crippen molar-refractivity contribution in [1.82, 2.24) is 9.88 Å². The number of hydrogen-bond donors (Lipinski definition) is 1. The van der Waals surface area contributed by atoms with Crippen LogP contribution < -0.4 is 5.73 Å². The number of rotatable bonds is 5. The van der Waals surface area contributed by atoms with E-state index in [9.17, 15) is 9.59 Å². The second-order valence-corrected chi connectivity index (χ2v) is 6.71. The third-order valence-electron chi connectivity index (χ3n) is 4.45. The molecule has 1 saturated carbocycles. The van der Waals surface area contributed by atoms with Crippen LogP contribution in [0.4, 0.5) is 0 Å². The number of halogens is 1. The van der Waals surface area contributed by atoms with Crippen LogP contribution in [-0.2, 0) is 9.59 Å². The number of benzene rings is 1. The molecule has 2 aromatic rings. The zero-order valence-electron chi connectivity index (χ0n) is 13.8. The van der Waals surface area contributed by atoms with Crippen LogP contribution in [0.1, 0.15) is 31.4 Å². The first kappa shape index (κ1) is 17.4. The second-order valence-electron chi connectivity index (χ2n) is 6.28. The molecule has 2 N–H and O–H groups in total. The molecule has 5 nitrogen and oxygen atoms in total. The Hall–Kier alpha value is -2.40. The van der Waals surface area contributed by atoms with Gasteiger partial charge in [0.15, 0.2) is 0 Å². The van der Waals surface area contributed by atoms with Crippen LogP contribution in [0, 0.1) is 0 Å². The Morgan fingerprint density at radius 2 is 1.96 bits per heavy atom. The lowest BCUT2D eigenvalue weighted by atomic mass is 10.2. The minimum absolute atomic E-state index is 0.0470. The summed E-state index contributed by atoms with van der Waals surface area (Å²) in [6.45, 7) is -0.0470. The minimum atomic E-state index is -0.493. The maximum atomic E-state index is 12.5. The van der Waals surface area contributed by atoms with E-state index in [4.69, 9.17) is 17.3 Å². The highest BCUT2D eigenvalue weighted by atomic mass is 35.5. The maximum absolute atomic E-state index is 12.5. The zero-order valence-corrected chi connectivity index (χ0v) is 14.6. The van der Waals surface area contributed by atoms with Crippen LogP contribution >= 0.6 is 11.6 Å². The normalized spacial score (nSPS) is 15.1. The Morgan fingerprint density at radius 1 is 1.24 bits per heavy atom. The quantitative estimate of drug-likeness (QED) is 0.835. The number of nitrogens with zero attached hydrogens (tertiary/aromatic N) is 2. The first-order chi connectivity index (χ1) is 12.0. The van der Waals surface area contributed by atoms with E-state index in [-0.39, 0.29) is 18.5 Å². The van der Waals surface area contributed by atoms with E-state index in [1.807, 2.05) is 24.3 Å². The number of fused-ring (bicyclic) bond motifs is 1. The molecule has 0 unspecified atom stereocenters. The summed E-state index contributed by atoms with van der Waals surface area (Å²) in [5, 5.41) is 1.60. The topological polar surface area (TPSA) is 76.3 Å². The lowest BCUT2D eigenvalue weighted by Gasteiger charge is -2.26. The molecular formula is C19H20ClN3O2. The van der Waals surface area contributed by atoms with Crippen LogP contribution in [0.25, 0.3) is 17.0 Å². The third-order valence-corrected chi connectivity index (χ3v) is 4.68. The van der Waals surface area contributed by atoms with Gasteiger partial charge >= 0.3 is 0 Å². The Balaban J connectivity index is 1.78. The number of hydrogen-bond acceptors (Lipinski definition) is 3. The van der Waals surface area contributed by atoms with Gasteiger partial charge in [-0.2, -0.15) is 0 Å². The molecule has 0 aliphatic heterocycles. The highest BCUT2D eigenvalue weighted by Crippen LogP contribution is 2.24. The van der Waals surface area contributed by atoms with Gasteiger partial charge in [-0.1, -0.05) is 36.6 Å². The Bertz CT molecular complexity index is 829. The summed E-state index contributed by atoms with van der Waals surface area (Å²) < 4.78 is 0. The van der Waals surface area contributed by atoms with E-state index in [1.54, 1.807) is 17.0 Å². The molecular weight excluding hydrogens is 338 g/mol. The summed E-state index contributed by atoms with van der Waals surface area (Å²) in [5.41, 5.74) is 6.73. The van der Waals surface area contributed by atoms with Crippen molar-refractivity contribution < 1.29 is 9.59 Å². The minimum Gasteiger partial charge on any atom is -0.368 e. The SMILES string of the molecule is NC(=O)CN(C(=O)/C=C/c1ccc2ccc(Cl)cc2n1)C1CCCC1. The molecule has 0 atom stereocenters. The lowest BCUT2D eigenvalue weighted by molar-refractivity contribution is -0.133. The lowest BCUT2D eigenvalue weighted by Crippen LogP contribution is -2.43. The van der Waals surface area contributed by atoms with E-state index in [0.29, 0.717) is 10.7 Å².